The highest BCUT2D eigenvalue weighted by molar-refractivity contribution is 6.27. The summed E-state index contributed by atoms with van der Waals surface area (Å²) in [6, 6.07) is 9.85. The van der Waals surface area contributed by atoms with Crippen molar-refractivity contribution in [2.24, 2.45) is 0 Å². The van der Waals surface area contributed by atoms with Crippen molar-refractivity contribution in [3.8, 4) is 12.3 Å². The van der Waals surface area contributed by atoms with Gasteiger partial charge in [0.05, 0.1) is 11.1 Å². The summed E-state index contributed by atoms with van der Waals surface area (Å²) >= 11 is 0. The molecule has 2 saturated heterocycles. The molecule has 0 radical (unpaired) electrons. The average molecular weight is 449 g/mol. The van der Waals surface area contributed by atoms with Crippen molar-refractivity contribution in [3.05, 3.63) is 75.9 Å². The van der Waals surface area contributed by atoms with Crippen LogP contribution in [-0.2, 0) is 23.8 Å². The SMILES string of the molecule is C#Cc1ccc2c(c1)C(=O)C(C(=O)Cc1ccc(N3C4CCC3CC4)cc1C(F)(F)F)=CC2. The molecule has 3 aliphatic rings. The number of halogens is 3. The molecule has 0 spiro atoms. The number of anilines is 1. The normalized spacial score (nSPS) is 21.6. The number of carbonyl (C=O) groups excluding carboxylic acids is 2. The molecule has 0 aromatic heterocycles. The molecule has 0 atom stereocenters. The highest BCUT2D eigenvalue weighted by Gasteiger charge is 2.41. The van der Waals surface area contributed by atoms with Crippen molar-refractivity contribution in [1.29, 1.82) is 0 Å². The summed E-state index contributed by atoms with van der Waals surface area (Å²) in [5.41, 5.74) is 1.17. The van der Waals surface area contributed by atoms with Crippen molar-refractivity contribution < 1.29 is 22.8 Å². The van der Waals surface area contributed by atoms with Crippen LogP contribution in [0.3, 0.4) is 0 Å². The van der Waals surface area contributed by atoms with E-state index >= 15 is 0 Å². The monoisotopic (exact) mass is 449 g/mol. The molecule has 0 saturated carbocycles. The van der Waals surface area contributed by atoms with E-state index in [0.717, 1.165) is 31.2 Å². The Balaban J connectivity index is 1.43. The summed E-state index contributed by atoms with van der Waals surface area (Å²) in [5, 5.41) is 0. The van der Waals surface area contributed by atoms with Crippen LogP contribution in [-0.4, -0.2) is 23.7 Å². The van der Waals surface area contributed by atoms with Crippen molar-refractivity contribution in [3.63, 3.8) is 0 Å². The van der Waals surface area contributed by atoms with E-state index in [1.807, 2.05) is 0 Å². The smallest absolute Gasteiger partial charge is 0.366 e. The summed E-state index contributed by atoms with van der Waals surface area (Å²) in [6.07, 6.45) is 6.22. The number of Topliss-reactive ketones (excluding diaryl/α,β-unsaturated/α-hetero) is 2. The second-order valence-electron chi connectivity index (χ2n) is 8.98. The standard InChI is InChI=1S/C27H22F3NO2/c1-2-16-3-4-17-6-12-22(26(33)23(17)13-16)25(32)14-18-5-7-21(15-24(18)27(28,29)30)31-19-8-9-20(31)11-10-19/h1,3-5,7,12-13,15,19-20H,6,8-11,14H2. The van der Waals surface area contributed by atoms with Crippen LogP contribution in [0.25, 0.3) is 0 Å². The number of terminal acetylenes is 1. The molecule has 2 fully saturated rings. The third-order valence-electron chi connectivity index (χ3n) is 7.09. The van der Waals surface area contributed by atoms with Gasteiger partial charge in [-0.25, -0.2) is 0 Å². The Kier molecular flexibility index (Phi) is 5.16. The minimum absolute atomic E-state index is 0.0774. The Hall–Kier alpha value is -3.33. The van der Waals surface area contributed by atoms with Gasteiger partial charge in [-0.05, 0) is 67.5 Å². The first-order chi connectivity index (χ1) is 15.8. The lowest BCUT2D eigenvalue weighted by Crippen LogP contribution is -2.28. The number of allylic oxidation sites excluding steroid dienone is 2. The summed E-state index contributed by atoms with van der Waals surface area (Å²) in [6.45, 7) is 0. The molecule has 2 aromatic carbocycles. The lowest BCUT2D eigenvalue weighted by Gasteiger charge is -2.26. The first-order valence-electron chi connectivity index (χ1n) is 11.1. The summed E-state index contributed by atoms with van der Waals surface area (Å²) in [5.74, 6) is 1.36. The van der Waals surface area contributed by atoms with E-state index in [2.05, 4.69) is 10.8 Å². The maximum absolute atomic E-state index is 13.9. The number of nitrogens with zero attached hydrogens (tertiary/aromatic N) is 1. The molecular weight excluding hydrogens is 427 g/mol. The molecule has 1 aliphatic carbocycles. The van der Waals surface area contributed by atoms with Gasteiger partial charge in [0.2, 0.25) is 0 Å². The van der Waals surface area contributed by atoms with E-state index in [1.165, 1.54) is 18.2 Å². The average Bonchev–Trinajstić information content (AvgIpc) is 3.39. The maximum Gasteiger partial charge on any atom is 0.416 e. The van der Waals surface area contributed by atoms with Gasteiger partial charge in [-0.15, -0.1) is 6.42 Å². The topological polar surface area (TPSA) is 37.4 Å². The summed E-state index contributed by atoms with van der Waals surface area (Å²) in [7, 11) is 0. The second-order valence-corrected chi connectivity index (χ2v) is 8.98. The first-order valence-corrected chi connectivity index (χ1v) is 11.1. The van der Waals surface area contributed by atoms with Gasteiger partial charge in [0.15, 0.2) is 11.6 Å². The van der Waals surface area contributed by atoms with Crippen LogP contribution in [0, 0.1) is 12.3 Å². The van der Waals surface area contributed by atoms with Crippen molar-refractivity contribution >= 4 is 17.3 Å². The van der Waals surface area contributed by atoms with Gasteiger partial charge in [-0.1, -0.05) is 24.1 Å². The molecule has 6 heteroatoms. The minimum Gasteiger partial charge on any atom is -0.366 e. The quantitative estimate of drug-likeness (QED) is 0.470. The molecule has 0 unspecified atom stereocenters. The highest BCUT2D eigenvalue weighted by Crippen LogP contribution is 2.43. The van der Waals surface area contributed by atoms with Gasteiger partial charge in [-0.3, -0.25) is 9.59 Å². The van der Waals surface area contributed by atoms with Gasteiger partial charge in [-0.2, -0.15) is 13.2 Å². The fourth-order valence-electron chi connectivity index (χ4n) is 5.49. The molecule has 5 rings (SSSR count). The Bertz CT molecular complexity index is 1210. The molecule has 168 valence electrons. The molecule has 2 aliphatic heterocycles. The van der Waals surface area contributed by atoms with Gasteiger partial charge >= 0.3 is 6.18 Å². The van der Waals surface area contributed by atoms with Crippen LogP contribution in [0.15, 0.2) is 48.0 Å². The van der Waals surface area contributed by atoms with E-state index in [4.69, 9.17) is 6.42 Å². The molecule has 2 bridgehead atoms. The Morgan fingerprint density at radius 1 is 1.06 bits per heavy atom. The molecule has 3 nitrogen and oxygen atoms in total. The van der Waals surface area contributed by atoms with Crippen LogP contribution in [0.2, 0.25) is 0 Å². The summed E-state index contributed by atoms with van der Waals surface area (Å²) < 4.78 is 41.8. The largest absolute Gasteiger partial charge is 0.416 e. The van der Waals surface area contributed by atoms with E-state index in [9.17, 15) is 22.8 Å². The number of carbonyl (C=O) groups is 2. The van der Waals surface area contributed by atoms with Gasteiger partial charge in [0, 0.05) is 35.3 Å². The Morgan fingerprint density at radius 2 is 1.76 bits per heavy atom. The van der Waals surface area contributed by atoms with Crippen LogP contribution in [0.4, 0.5) is 18.9 Å². The number of hydrogen-bond donors (Lipinski definition) is 0. The zero-order chi connectivity index (χ0) is 23.3. The van der Waals surface area contributed by atoms with E-state index in [-0.39, 0.29) is 11.1 Å². The van der Waals surface area contributed by atoms with Crippen LogP contribution in [0.5, 0.6) is 0 Å². The number of benzene rings is 2. The number of alkyl halides is 3. The number of rotatable bonds is 4. The zero-order valence-electron chi connectivity index (χ0n) is 17.9. The highest BCUT2D eigenvalue weighted by atomic mass is 19.4. The van der Waals surface area contributed by atoms with E-state index < -0.39 is 29.7 Å². The van der Waals surface area contributed by atoms with E-state index in [0.29, 0.717) is 35.3 Å². The summed E-state index contributed by atoms with van der Waals surface area (Å²) in [4.78, 5) is 28.0. The molecular formula is C27H22F3NO2. The number of fused-ring (bicyclic) bond motifs is 3. The Labute approximate surface area is 190 Å². The molecule has 2 heterocycles. The van der Waals surface area contributed by atoms with Gasteiger partial charge < -0.3 is 4.90 Å². The molecule has 0 N–H and O–H groups in total. The number of ketones is 2. The van der Waals surface area contributed by atoms with Gasteiger partial charge in [0.1, 0.15) is 0 Å². The van der Waals surface area contributed by atoms with Crippen LogP contribution in [0.1, 0.15) is 58.3 Å². The van der Waals surface area contributed by atoms with Crippen LogP contribution >= 0.6 is 0 Å². The number of hydrogen-bond acceptors (Lipinski definition) is 3. The lowest BCUT2D eigenvalue weighted by atomic mass is 9.85. The zero-order valence-corrected chi connectivity index (χ0v) is 17.9. The second kappa shape index (κ2) is 7.91. The third-order valence-corrected chi connectivity index (χ3v) is 7.09. The third kappa shape index (κ3) is 3.76. The lowest BCUT2D eigenvalue weighted by molar-refractivity contribution is -0.138. The van der Waals surface area contributed by atoms with Gasteiger partial charge in [0.25, 0.3) is 0 Å². The molecule has 0 amide bonds. The Morgan fingerprint density at radius 3 is 2.39 bits per heavy atom. The van der Waals surface area contributed by atoms with E-state index in [1.54, 1.807) is 24.3 Å². The maximum atomic E-state index is 13.9. The fraction of sp³-hybridized carbons (Fsp3) is 0.333. The minimum atomic E-state index is -4.59. The molecule has 2 aromatic rings. The van der Waals surface area contributed by atoms with Crippen molar-refractivity contribution in [1.82, 2.24) is 0 Å². The van der Waals surface area contributed by atoms with Crippen molar-refractivity contribution in [2.75, 3.05) is 4.90 Å². The first kappa shape index (κ1) is 21.5. The fourth-order valence-corrected chi connectivity index (χ4v) is 5.49. The predicted molar refractivity (Wildman–Crippen MR) is 119 cm³/mol. The van der Waals surface area contributed by atoms with Crippen LogP contribution < -0.4 is 4.90 Å². The van der Waals surface area contributed by atoms with Crippen molar-refractivity contribution in [2.45, 2.75) is 56.8 Å². The molecule has 33 heavy (non-hydrogen) atoms. The predicted octanol–water partition coefficient (Wildman–Crippen LogP) is 5.29.